The van der Waals surface area contributed by atoms with Gasteiger partial charge in [0.15, 0.2) is 0 Å². The lowest BCUT2D eigenvalue weighted by molar-refractivity contribution is 0.102. The highest BCUT2D eigenvalue weighted by Gasteiger charge is 2.08. The van der Waals surface area contributed by atoms with E-state index in [-0.39, 0.29) is 5.91 Å². The number of ether oxygens (including phenoxy) is 1. The molecule has 0 saturated carbocycles. The van der Waals surface area contributed by atoms with Crippen LogP contribution in [0.25, 0.3) is 0 Å². The Morgan fingerprint density at radius 2 is 1.37 bits per heavy atom. The first-order valence-corrected chi connectivity index (χ1v) is 8.09. The summed E-state index contributed by atoms with van der Waals surface area (Å²) >= 11 is 0. The number of hydrogen-bond acceptors (Lipinski definition) is 4. The third-order valence-electron chi connectivity index (χ3n) is 3.62. The summed E-state index contributed by atoms with van der Waals surface area (Å²) in [6.45, 7) is 0. The number of carbonyl (C=O) groups is 2. The van der Waals surface area contributed by atoms with Gasteiger partial charge in [0, 0.05) is 16.9 Å². The SMILES string of the molecule is N#Cc1ccc(NC(=O)c2ccc(NC(=O)Oc3ccccc3)cc2)cc1. The minimum Gasteiger partial charge on any atom is -0.410 e. The molecular formula is C21H15N3O3. The Morgan fingerprint density at radius 1 is 0.778 bits per heavy atom. The Kier molecular flexibility index (Phi) is 5.45. The molecule has 0 fully saturated rings. The second kappa shape index (κ2) is 8.32. The lowest BCUT2D eigenvalue weighted by Crippen LogP contribution is -2.17. The summed E-state index contributed by atoms with van der Waals surface area (Å²) < 4.78 is 5.14. The van der Waals surface area contributed by atoms with Crippen molar-refractivity contribution >= 4 is 23.4 Å². The van der Waals surface area contributed by atoms with E-state index in [9.17, 15) is 9.59 Å². The number of nitrogens with zero attached hydrogens (tertiary/aromatic N) is 1. The van der Waals surface area contributed by atoms with Crippen LogP contribution < -0.4 is 15.4 Å². The van der Waals surface area contributed by atoms with Crippen molar-refractivity contribution in [1.29, 1.82) is 5.26 Å². The summed E-state index contributed by atoms with van der Waals surface area (Å²) in [5.41, 5.74) is 2.05. The second-order valence-electron chi connectivity index (χ2n) is 5.55. The number of para-hydroxylation sites is 1. The summed E-state index contributed by atoms with van der Waals surface area (Å²) in [7, 11) is 0. The standard InChI is InChI=1S/C21H15N3O3/c22-14-15-6-10-17(11-7-15)23-20(25)16-8-12-18(13-9-16)24-21(26)27-19-4-2-1-3-5-19/h1-13H,(H,23,25)(H,24,26). The first-order valence-electron chi connectivity index (χ1n) is 8.09. The zero-order valence-electron chi connectivity index (χ0n) is 14.2. The quantitative estimate of drug-likeness (QED) is 0.723. The molecule has 0 radical (unpaired) electrons. The van der Waals surface area contributed by atoms with Crippen LogP contribution in [0.4, 0.5) is 16.2 Å². The topological polar surface area (TPSA) is 91.2 Å². The van der Waals surface area contributed by atoms with Crippen molar-refractivity contribution in [2.24, 2.45) is 0 Å². The summed E-state index contributed by atoms with van der Waals surface area (Å²) in [6, 6.07) is 23.7. The fourth-order valence-electron chi connectivity index (χ4n) is 2.28. The molecular weight excluding hydrogens is 342 g/mol. The average Bonchev–Trinajstić information content (AvgIpc) is 2.70. The molecule has 3 aromatic rings. The number of carbonyl (C=O) groups excluding carboxylic acids is 2. The van der Waals surface area contributed by atoms with Gasteiger partial charge in [-0.3, -0.25) is 10.1 Å². The minimum atomic E-state index is -0.615. The van der Waals surface area contributed by atoms with Crippen molar-refractivity contribution in [3.63, 3.8) is 0 Å². The molecule has 0 unspecified atom stereocenters. The van der Waals surface area contributed by atoms with Gasteiger partial charge in [0.2, 0.25) is 0 Å². The fraction of sp³-hybridized carbons (Fsp3) is 0. The largest absolute Gasteiger partial charge is 0.417 e. The highest BCUT2D eigenvalue weighted by molar-refractivity contribution is 6.04. The fourth-order valence-corrected chi connectivity index (χ4v) is 2.28. The van der Waals surface area contributed by atoms with E-state index >= 15 is 0 Å². The average molecular weight is 357 g/mol. The summed E-state index contributed by atoms with van der Waals surface area (Å²) in [6.07, 6.45) is -0.615. The molecule has 132 valence electrons. The maximum Gasteiger partial charge on any atom is 0.417 e. The Morgan fingerprint density at radius 3 is 2.00 bits per heavy atom. The minimum absolute atomic E-state index is 0.293. The van der Waals surface area contributed by atoms with Crippen LogP contribution in [0, 0.1) is 11.3 Å². The maximum atomic E-state index is 12.3. The molecule has 2 N–H and O–H groups in total. The Balaban J connectivity index is 1.58. The molecule has 3 aromatic carbocycles. The van der Waals surface area contributed by atoms with Crippen LogP contribution in [-0.2, 0) is 0 Å². The van der Waals surface area contributed by atoms with E-state index in [1.807, 2.05) is 12.1 Å². The molecule has 0 bridgehead atoms. The van der Waals surface area contributed by atoms with E-state index in [1.54, 1.807) is 72.8 Å². The van der Waals surface area contributed by atoms with Crippen LogP contribution in [0.2, 0.25) is 0 Å². The molecule has 27 heavy (non-hydrogen) atoms. The highest BCUT2D eigenvalue weighted by Crippen LogP contribution is 2.15. The van der Waals surface area contributed by atoms with Crippen LogP contribution >= 0.6 is 0 Å². The molecule has 0 atom stereocenters. The normalized spacial score (nSPS) is 9.74. The number of amides is 2. The van der Waals surface area contributed by atoms with Gasteiger partial charge in [-0.05, 0) is 60.7 Å². The molecule has 2 amide bonds. The van der Waals surface area contributed by atoms with Crippen molar-refractivity contribution in [2.75, 3.05) is 10.6 Å². The Bertz CT molecular complexity index is 976. The lowest BCUT2D eigenvalue weighted by Gasteiger charge is -2.08. The third-order valence-corrected chi connectivity index (χ3v) is 3.62. The zero-order chi connectivity index (χ0) is 19.1. The van der Waals surface area contributed by atoms with Gasteiger partial charge in [-0.1, -0.05) is 18.2 Å². The lowest BCUT2D eigenvalue weighted by atomic mass is 10.1. The number of anilines is 2. The van der Waals surface area contributed by atoms with E-state index in [1.165, 1.54) is 0 Å². The van der Waals surface area contributed by atoms with Crippen LogP contribution in [-0.4, -0.2) is 12.0 Å². The summed E-state index contributed by atoms with van der Waals surface area (Å²) in [4.78, 5) is 24.1. The van der Waals surface area contributed by atoms with Crippen molar-refractivity contribution in [1.82, 2.24) is 0 Å². The predicted octanol–water partition coefficient (Wildman–Crippen LogP) is 4.42. The molecule has 0 aliphatic carbocycles. The molecule has 3 rings (SSSR count). The van der Waals surface area contributed by atoms with Crippen LogP contribution in [0.3, 0.4) is 0 Å². The number of rotatable bonds is 4. The van der Waals surface area contributed by atoms with Crippen LogP contribution in [0.15, 0.2) is 78.9 Å². The van der Waals surface area contributed by atoms with Gasteiger partial charge in [-0.15, -0.1) is 0 Å². The Labute approximate surface area is 156 Å². The van der Waals surface area contributed by atoms with Gasteiger partial charge in [-0.2, -0.15) is 5.26 Å². The summed E-state index contributed by atoms with van der Waals surface area (Å²) in [5, 5.41) is 14.1. The van der Waals surface area contributed by atoms with Crippen molar-refractivity contribution in [3.05, 3.63) is 90.0 Å². The van der Waals surface area contributed by atoms with Crippen molar-refractivity contribution in [3.8, 4) is 11.8 Å². The molecule has 6 nitrogen and oxygen atoms in total. The molecule has 6 heteroatoms. The molecule has 0 aromatic heterocycles. The van der Waals surface area contributed by atoms with E-state index < -0.39 is 6.09 Å². The van der Waals surface area contributed by atoms with Crippen molar-refractivity contribution < 1.29 is 14.3 Å². The van der Waals surface area contributed by atoms with Crippen LogP contribution in [0.5, 0.6) is 5.75 Å². The second-order valence-corrected chi connectivity index (χ2v) is 5.55. The predicted molar refractivity (Wildman–Crippen MR) is 102 cm³/mol. The number of benzene rings is 3. The molecule has 0 saturated heterocycles. The molecule has 0 aliphatic heterocycles. The first-order chi connectivity index (χ1) is 13.1. The van der Waals surface area contributed by atoms with Gasteiger partial charge in [0.1, 0.15) is 5.75 Å². The third kappa shape index (κ3) is 4.94. The smallest absolute Gasteiger partial charge is 0.410 e. The molecule has 0 heterocycles. The van der Waals surface area contributed by atoms with E-state index in [4.69, 9.17) is 10.00 Å². The number of nitriles is 1. The van der Waals surface area contributed by atoms with E-state index in [0.29, 0.717) is 28.3 Å². The Hall–Kier alpha value is -4.11. The maximum absolute atomic E-state index is 12.3. The van der Waals surface area contributed by atoms with Gasteiger partial charge in [0.05, 0.1) is 11.6 Å². The van der Waals surface area contributed by atoms with E-state index in [2.05, 4.69) is 10.6 Å². The first kappa shape index (κ1) is 17.7. The van der Waals surface area contributed by atoms with Crippen LogP contribution in [0.1, 0.15) is 15.9 Å². The monoisotopic (exact) mass is 357 g/mol. The summed E-state index contributed by atoms with van der Waals surface area (Å²) in [5.74, 6) is 0.145. The molecule has 0 spiro atoms. The highest BCUT2D eigenvalue weighted by atomic mass is 16.6. The zero-order valence-corrected chi connectivity index (χ0v) is 14.2. The van der Waals surface area contributed by atoms with Gasteiger partial charge >= 0.3 is 6.09 Å². The van der Waals surface area contributed by atoms with Gasteiger partial charge in [0.25, 0.3) is 5.91 Å². The van der Waals surface area contributed by atoms with Crippen molar-refractivity contribution in [2.45, 2.75) is 0 Å². The van der Waals surface area contributed by atoms with E-state index in [0.717, 1.165) is 0 Å². The van der Waals surface area contributed by atoms with Gasteiger partial charge < -0.3 is 10.1 Å². The number of hydrogen-bond donors (Lipinski definition) is 2. The van der Waals surface area contributed by atoms with Gasteiger partial charge in [-0.25, -0.2) is 4.79 Å². The molecule has 0 aliphatic rings. The number of nitrogens with one attached hydrogen (secondary N) is 2.